The largest absolute Gasteiger partial charge is 0.493 e. The van der Waals surface area contributed by atoms with E-state index in [1.165, 1.54) is 5.56 Å². The normalized spacial score (nSPS) is 17.8. The first kappa shape index (κ1) is 10.4. The van der Waals surface area contributed by atoms with E-state index in [2.05, 4.69) is 5.32 Å². The van der Waals surface area contributed by atoms with Gasteiger partial charge in [0, 0.05) is 25.2 Å². The molecule has 2 amide bonds. The van der Waals surface area contributed by atoms with Crippen molar-refractivity contribution in [3.63, 3.8) is 0 Å². The zero-order chi connectivity index (χ0) is 11.7. The van der Waals surface area contributed by atoms with Gasteiger partial charge in [-0.15, -0.1) is 0 Å². The zero-order valence-electron chi connectivity index (χ0n) is 9.74. The summed E-state index contributed by atoms with van der Waals surface area (Å²) in [5.41, 5.74) is 2.05. The molecule has 3 rings (SSSR count). The van der Waals surface area contributed by atoms with Crippen LogP contribution in [-0.2, 0) is 6.42 Å². The number of ether oxygens (including phenoxy) is 1. The molecule has 0 spiro atoms. The molecule has 2 aliphatic heterocycles. The molecule has 1 N–H and O–H groups in total. The SMILES string of the molecule is O=C(Nc1ccc2c(c1)CCO2)N1CCCC1. The number of nitrogens with one attached hydrogen (secondary N) is 1. The predicted octanol–water partition coefficient (Wildman–Crippen LogP) is 2.25. The highest BCUT2D eigenvalue weighted by Gasteiger charge is 2.18. The summed E-state index contributed by atoms with van der Waals surface area (Å²) in [5.74, 6) is 0.948. The third-order valence-electron chi connectivity index (χ3n) is 3.33. The minimum absolute atomic E-state index is 0.0152. The summed E-state index contributed by atoms with van der Waals surface area (Å²) >= 11 is 0. The standard InChI is InChI=1S/C13H16N2O2/c16-13(15-6-1-2-7-15)14-11-3-4-12-10(9-11)5-8-17-12/h3-4,9H,1-2,5-8H2,(H,14,16). The van der Waals surface area contributed by atoms with E-state index in [-0.39, 0.29) is 6.03 Å². The molecule has 0 aliphatic carbocycles. The van der Waals surface area contributed by atoms with Crippen molar-refractivity contribution in [2.45, 2.75) is 19.3 Å². The molecule has 0 atom stereocenters. The Balaban J connectivity index is 1.70. The summed E-state index contributed by atoms with van der Waals surface area (Å²) in [6.45, 7) is 2.50. The van der Waals surface area contributed by atoms with Gasteiger partial charge in [-0.3, -0.25) is 0 Å². The van der Waals surface area contributed by atoms with Gasteiger partial charge in [0.05, 0.1) is 6.61 Å². The molecular formula is C13H16N2O2. The van der Waals surface area contributed by atoms with Crippen LogP contribution in [0.4, 0.5) is 10.5 Å². The monoisotopic (exact) mass is 232 g/mol. The van der Waals surface area contributed by atoms with Crippen LogP contribution in [-0.4, -0.2) is 30.6 Å². The molecule has 0 saturated carbocycles. The van der Waals surface area contributed by atoms with Gasteiger partial charge in [-0.1, -0.05) is 0 Å². The molecule has 0 unspecified atom stereocenters. The highest BCUT2D eigenvalue weighted by atomic mass is 16.5. The van der Waals surface area contributed by atoms with Gasteiger partial charge in [0.25, 0.3) is 0 Å². The second kappa shape index (κ2) is 4.28. The zero-order valence-corrected chi connectivity index (χ0v) is 9.74. The molecule has 1 aromatic carbocycles. The highest BCUT2D eigenvalue weighted by molar-refractivity contribution is 5.89. The number of urea groups is 1. The van der Waals surface area contributed by atoms with Gasteiger partial charge in [0.2, 0.25) is 0 Å². The summed E-state index contributed by atoms with van der Waals surface area (Å²) in [5, 5.41) is 2.94. The first-order chi connectivity index (χ1) is 8.33. The third kappa shape index (κ3) is 2.07. The van der Waals surface area contributed by atoms with E-state index in [9.17, 15) is 4.79 Å². The Morgan fingerprint density at radius 2 is 2.12 bits per heavy atom. The van der Waals surface area contributed by atoms with Crippen LogP contribution in [0.1, 0.15) is 18.4 Å². The second-order valence-electron chi connectivity index (χ2n) is 4.55. The number of nitrogens with zero attached hydrogens (tertiary/aromatic N) is 1. The second-order valence-corrected chi connectivity index (χ2v) is 4.55. The number of hydrogen-bond donors (Lipinski definition) is 1. The maximum Gasteiger partial charge on any atom is 0.321 e. The smallest absolute Gasteiger partial charge is 0.321 e. The lowest BCUT2D eigenvalue weighted by Gasteiger charge is -2.16. The molecule has 2 heterocycles. The lowest BCUT2D eigenvalue weighted by Crippen LogP contribution is -2.32. The number of rotatable bonds is 1. The first-order valence-electron chi connectivity index (χ1n) is 6.14. The summed E-state index contributed by atoms with van der Waals surface area (Å²) < 4.78 is 5.44. The van der Waals surface area contributed by atoms with Crippen LogP contribution in [0.2, 0.25) is 0 Å². The number of anilines is 1. The van der Waals surface area contributed by atoms with Crippen LogP contribution in [0.3, 0.4) is 0 Å². The third-order valence-corrected chi connectivity index (χ3v) is 3.33. The van der Waals surface area contributed by atoms with Gasteiger partial charge in [-0.2, -0.15) is 0 Å². The van der Waals surface area contributed by atoms with E-state index in [0.717, 1.165) is 50.4 Å². The minimum atomic E-state index is 0.0152. The van der Waals surface area contributed by atoms with Crippen molar-refractivity contribution in [2.24, 2.45) is 0 Å². The Morgan fingerprint density at radius 3 is 2.94 bits per heavy atom. The van der Waals surface area contributed by atoms with Crippen molar-refractivity contribution in [3.05, 3.63) is 23.8 Å². The van der Waals surface area contributed by atoms with Crippen LogP contribution >= 0.6 is 0 Å². The number of carbonyl (C=O) groups excluding carboxylic acids is 1. The number of hydrogen-bond acceptors (Lipinski definition) is 2. The van der Waals surface area contributed by atoms with Gasteiger partial charge < -0.3 is 15.0 Å². The molecule has 0 aromatic heterocycles. The molecule has 1 fully saturated rings. The van der Waals surface area contributed by atoms with Gasteiger partial charge >= 0.3 is 6.03 Å². The topological polar surface area (TPSA) is 41.6 Å². The van der Waals surface area contributed by atoms with Crippen molar-refractivity contribution in [1.82, 2.24) is 4.90 Å². The molecule has 4 nitrogen and oxygen atoms in total. The summed E-state index contributed by atoms with van der Waals surface area (Å²) in [6.07, 6.45) is 3.17. The quantitative estimate of drug-likeness (QED) is 0.806. The summed E-state index contributed by atoms with van der Waals surface area (Å²) in [7, 11) is 0. The highest BCUT2D eigenvalue weighted by Crippen LogP contribution is 2.28. The van der Waals surface area contributed by atoms with E-state index in [0.29, 0.717) is 0 Å². The van der Waals surface area contributed by atoms with E-state index < -0.39 is 0 Å². The van der Waals surface area contributed by atoms with Crippen LogP contribution in [0.25, 0.3) is 0 Å². The molecular weight excluding hydrogens is 216 g/mol. The van der Waals surface area contributed by atoms with Crippen molar-refractivity contribution in [3.8, 4) is 5.75 Å². The molecule has 2 aliphatic rings. The Labute approximate surface area is 101 Å². The number of likely N-dealkylation sites (tertiary alicyclic amines) is 1. The first-order valence-corrected chi connectivity index (χ1v) is 6.14. The molecule has 1 saturated heterocycles. The number of carbonyl (C=O) groups is 1. The van der Waals surface area contributed by atoms with Crippen LogP contribution < -0.4 is 10.1 Å². The molecule has 0 radical (unpaired) electrons. The van der Waals surface area contributed by atoms with Crippen LogP contribution in [0, 0.1) is 0 Å². The predicted molar refractivity (Wildman–Crippen MR) is 65.5 cm³/mol. The number of benzene rings is 1. The fourth-order valence-corrected chi connectivity index (χ4v) is 2.39. The van der Waals surface area contributed by atoms with Crippen molar-refractivity contribution in [2.75, 3.05) is 25.0 Å². The molecule has 4 heteroatoms. The Kier molecular flexibility index (Phi) is 2.63. The lowest BCUT2D eigenvalue weighted by atomic mass is 10.1. The van der Waals surface area contributed by atoms with Crippen LogP contribution in [0.5, 0.6) is 5.75 Å². The Bertz CT molecular complexity index is 439. The van der Waals surface area contributed by atoms with Gasteiger partial charge in [-0.25, -0.2) is 4.79 Å². The van der Waals surface area contributed by atoms with E-state index >= 15 is 0 Å². The van der Waals surface area contributed by atoms with Gasteiger partial charge in [0.15, 0.2) is 0 Å². The fourth-order valence-electron chi connectivity index (χ4n) is 2.39. The van der Waals surface area contributed by atoms with E-state index in [1.807, 2.05) is 23.1 Å². The number of amides is 2. The lowest BCUT2D eigenvalue weighted by molar-refractivity contribution is 0.222. The molecule has 0 bridgehead atoms. The maximum atomic E-state index is 11.9. The molecule has 17 heavy (non-hydrogen) atoms. The van der Waals surface area contributed by atoms with Crippen LogP contribution in [0.15, 0.2) is 18.2 Å². The molecule has 1 aromatic rings. The Morgan fingerprint density at radius 1 is 1.29 bits per heavy atom. The fraction of sp³-hybridized carbons (Fsp3) is 0.462. The maximum absolute atomic E-state index is 11.9. The van der Waals surface area contributed by atoms with Crippen molar-refractivity contribution < 1.29 is 9.53 Å². The van der Waals surface area contributed by atoms with Gasteiger partial charge in [-0.05, 0) is 36.6 Å². The van der Waals surface area contributed by atoms with Crippen molar-refractivity contribution >= 4 is 11.7 Å². The minimum Gasteiger partial charge on any atom is -0.493 e. The summed E-state index contributed by atoms with van der Waals surface area (Å²) in [6, 6.07) is 5.86. The Hall–Kier alpha value is -1.71. The van der Waals surface area contributed by atoms with Crippen molar-refractivity contribution in [1.29, 1.82) is 0 Å². The van der Waals surface area contributed by atoms with E-state index in [4.69, 9.17) is 4.74 Å². The number of fused-ring (bicyclic) bond motifs is 1. The average molecular weight is 232 g/mol. The average Bonchev–Trinajstić information content (AvgIpc) is 2.99. The van der Waals surface area contributed by atoms with E-state index in [1.54, 1.807) is 0 Å². The summed E-state index contributed by atoms with van der Waals surface area (Å²) in [4.78, 5) is 13.8. The molecule has 90 valence electrons. The van der Waals surface area contributed by atoms with Gasteiger partial charge in [0.1, 0.15) is 5.75 Å².